The van der Waals surface area contributed by atoms with E-state index < -0.39 is 0 Å². The van der Waals surface area contributed by atoms with Crippen molar-refractivity contribution in [2.24, 2.45) is 0 Å². The van der Waals surface area contributed by atoms with Gasteiger partial charge in [-0.25, -0.2) is 0 Å². The first-order valence-electron chi connectivity index (χ1n) is 6.45. The summed E-state index contributed by atoms with van der Waals surface area (Å²) in [5.41, 5.74) is 2.20. The van der Waals surface area contributed by atoms with Gasteiger partial charge in [0.25, 0.3) is 0 Å². The number of carbonyl (C=O) groups is 1. The smallest absolute Gasteiger partial charge is 0.199 e. The van der Waals surface area contributed by atoms with E-state index in [1.165, 1.54) is 18.0 Å². The highest BCUT2D eigenvalue weighted by Gasteiger charge is 2.33. The summed E-state index contributed by atoms with van der Waals surface area (Å²) < 4.78 is 5.25. The monoisotopic (exact) mass is 307 g/mol. The summed E-state index contributed by atoms with van der Waals surface area (Å²) in [6, 6.07) is 3.56. The van der Waals surface area contributed by atoms with Gasteiger partial charge in [-0.05, 0) is 43.7 Å². The molecule has 1 aromatic heterocycles. The van der Waals surface area contributed by atoms with E-state index in [-0.39, 0.29) is 5.78 Å². The number of rotatable bonds is 4. The van der Waals surface area contributed by atoms with Crippen molar-refractivity contribution < 1.29 is 9.32 Å². The van der Waals surface area contributed by atoms with Gasteiger partial charge in [0, 0.05) is 21.4 Å². The minimum atomic E-state index is -0.0303. The number of thioether (sulfide) groups is 1. The first-order chi connectivity index (χ1) is 9.63. The van der Waals surface area contributed by atoms with Crippen LogP contribution in [-0.4, -0.2) is 17.2 Å². The fourth-order valence-electron chi connectivity index (χ4n) is 2.31. The third-order valence-electron chi connectivity index (χ3n) is 3.58. The normalized spacial score (nSPS) is 14.6. The lowest BCUT2D eigenvalue weighted by molar-refractivity contribution is 0.103. The van der Waals surface area contributed by atoms with Crippen molar-refractivity contribution in [2.45, 2.75) is 30.6 Å². The first kappa shape index (κ1) is 13.7. The number of nitrogens with zero attached hydrogens (tertiary/aromatic N) is 1. The van der Waals surface area contributed by atoms with E-state index >= 15 is 0 Å². The molecule has 1 aromatic carbocycles. The maximum absolute atomic E-state index is 12.7. The summed E-state index contributed by atoms with van der Waals surface area (Å²) in [7, 11) is 0. The molecule has 1 aliphatic carbocycles. The molecule has 20 heavy (non-hydrogen) atoms. The molecule has 0 radical (unpaired) electrons. The number of carbonyl (C=O) groups excluding carboxylic acids is 1. The minimum Gasteiger partial charge on any atom is -0.360 e. The van der Waals surface area contributed by atoms with Crippen LogP contribution in [0.2, 0.25) is 5.02 Å². The molecule has 104 valence electrons. The number of halogens is 1. The van der Waals surface area contributed by atoms with Crippen LogP contribution >= 0.6 is 23.4 Å². The third kappa shape index (κ3) is 2.27. The largest absolute Gasteiger partial charge is 0.360 e. The van der Waals surface area contributed by atoms with Crippen molar-refractivity contribution >= 4 is 29.1 Å². The Kier molecular flexibility index (Phi) is 3.61. The molecule has 0 saturated heterocycles. The second-order valence-corrected chi connectivity index (χ2v) is 6.18. The Morgan fingerprint density at radius 2 is 2.15 bits per heavy atom. The zero-order chi connectivity index (χ0) is 14.3. The van der Waals surface area contributed by atoms with Crippen molar-refractivity contribution in [3.05, 3.63) is 45.8 Å². The summed E-state index contributed by atoms with van der Waals surface area (Å²) in [6.45, 7) is 1.93. The van der Waals surface area contributed by atoms with Gasteiger partial charge in [-0.1, -0.05) is 16.8 Å². The van der Waals surface area contributed by atoms with Gasteiger partial charge in [0.15, 0.2) is 11.5 Å². The molecule has 1 heterocycles. The van der Waals surface area contributed by atoms with Crippen molar-refractivity contribution in [3.63, 3.8) is 0 Å². The van der Waals surface area contributed by atoms with Gasteiger partial charge in [0.05, 0.1) is 11.8 Å². The van der Waals surface area contributed by atoms with E-state index in [1.807, 2.05) is 13.2 Å². The second kappa shape index (κ2) is 5.26. The lowest BCUT2D eigenvalue weighted by Crippen LogP contribution is -2.05. The summed E-state index contributed by atoms with van der Waals surface area (Å²) in [5, 5.41) is 4.48. The van der Waals surface area contributed by atoms with Gasteiger partial charge in [-0.3, -0.25) is 4.79 Å². The van der Waals surface area contributed by atoms with E-state index in [9.17, 15) is 4.79 Å². The molecule has 0 amide bonds. The highest BCUT2D eigenvalue weighted by molar-refractivity contribution is 7.98. The summed E-state index contributed by atoms with van der Waals surface area (Å²) in [5.74, 6) is 1.06. The molecular formula is C15H14ClNO2S. The molecule has 3 nitrogen and oxygen atoms in total. The van der Waals surface area contributed by atoms with Crippen LogP contribution in [0.1, 0.15) is 46.0 Å². The summed E-state index contributed by atoms with van der Waals surface area (Å²) >= 11 is 7.67. The van der Waals surface area contributed by atoms with Crippen LogP contribution in [0.15, 0.2) is 27.7 Å². The standard InChI is InChI=1S/C15H14ClNO2S/c1-8-12(16)6-5-10(15(8)20-2)13(18)11-7-17-19-14(11)9-3-4-9/h5-7,9H,3-4H2,1-2H3. The maximum Gasteiger partial charge on any atom is 0.199 e. The Labute approximate surface area is 126 Å². The second-order valence-electron chi connectivity index (χ2n) is 4.96. The molecule has 0 N–H and O–H groups in total. The minimum absolute atomic E-state index is 0.0303. The van der Waals surface area contributed by atoms with E-state index in [0.717, 1.165) is 29.1 Å². The van der Waals surface area contributed by atoms with E-state index in [2.05, 4.69) is 5.16 Å². The lowest BCUT2D eigenvalue weighted by Gasteiger charge is -2.10. The average Bonchev–Trinajstić information content (AvgIpc) is 3.18. The highest BCUT2D eigenvalue weighted by atomic mass is 35.5. The number of ketones is 1. The molecule has 0 aliphatic heterocycles. The van der Waals surface area contributed by atoms with Crippen LogP contribution in [-0.2, 0) is 0 Å². The third-order valence-corrected chi connectivity index (χ3v) is 4.92. The molecule has 0 unspecified atom stereocenters. The van der Waals surface area contributed by atoms with Gasteiger partial charge >= 0.3 is 0 Å². The Morgan fingerprint density at radius 3 is 2.80 bits per heavy atom. The topological polar surface area (TPSA) is 43.1 Å². The average molecular weight is 308 g/mol. The van der Waals surface area contributed by atoms with Crippen LogP contribution < -0.4 is 0 Å². The van der Waals surface area contributed by atoms with Crippen LogP contribution in [0.25, 0.3) is 0 Å². The molecule has 0 spiro atoms. The molecule has 0 bridgehead atoms. The number of benzene rings is 1. The zero-order valence-electron chi connectivity index (χ0n) is 11.3. The van der Waals surface area contributed by atoms with Crippen LogP contribution in [0.4, 0.5) is 0 Å². The molecule has 3 rings (SSSR count). The predicted octanol–water partition coefficient (Wildman–Crippen LogP) is 4.47. The molecule has 2 aromatic rings. The van der Waals surface area contributed by atoms with Gasteiger partial charge in [-0.15, -0.1) is 11.8 Å². The Balaban J connectivity index is 2.06. The fraction of sp³-hybridized carbons (Fsp3) is 0.333. The van der Waals surface area contributed by atoms with E-state index in [1.54, 1.807) is 12.1 Å². The fourth-order valence-corrected chi connectivity index (χ4v) is 3.32. The number of hydrogen-bond acceptors (Lipinski definition) is 4. The predicted molar refractivity (Wildman–Crippen MR) is 79.9 cm³/mol. The Bertz CT molecular complexity index is 677. The Hall–Kier alpha value is -1.26. The van der Waals surface area contributed by atoms with Crippen LogP contribution in [0, 0.1) is 6.92 Å². The van der Waals surface area contributed by atoms with Crippen molar-refractivity contribution in [2.75, 3.05) is 6.26 Å². The number of aromatic nitrogens is 1. The van der Waals surface area contributed by atoms with Gasteiger partial charge in [0.2, 0.25) is 0 Å². The van der Waals surface area contributed by atoms with Crippen LogP contribution in [0.5, 0.6) is 0 Å². The molecule has 1 fully saturated rings. The molecule has 0 atom stereocenters. The van der Waals surface area contributed by atoms with E-state index in [0.29, 0.717) is 22.1 Å². The molecular weight excluding hydrogens is 294 g/mol. The van der Waals surface area contributed by atoms with Crippen LogP contribution in [0.3, 0.4) is 0 Å². The number of hydrogen-bond donors (Lipinski definition) is 0. The summed E-state index contributed by atoms with van der Waals surface area (Å²) in [6.07, 6.45) is 5.63. The zero-order valence-corrected chi connectivity index (χ0v) is 12.8. The van der Waals surface area contributed by atoms with Gasteiger partial charge < -0.3 is 4.52 Å². The first-order valence-corrected chi connectivity index (χ1v) is 8.06. The molecule has 5 heteroatoms. The Morgan fingerprint density at radius 1 is 1.40 bits per heavy atom. The van der Waals surface area contributed by atoms with Crippen molar-refractivity contribution in [3.8, 4) is 0 Å². The highest BCUT2D eigenvalue weighted by Crippen LogP contribution is 2.42. The van der Waals surface area contributed by atoms with Crippen molar-refractivity contribution in [1.29, 1.82) is 0 Å². The summed E-state index contributed by atoms with van der Waals surface area (Å²) in [4.78, 5) is 13.7. The van der Waals surface area contributed by atoms with Gasteiger partial charge in [0.1, 0.15) is 0 Å². The quantitative estimate of drug-likeness (QED) is 0.617. The lowest BCUT2D eigenvalue weighted by atomic mass is 10.0. The SMILES string of the molecule is CSc1c(C(=O)c2cnoc2C2CC2)ccc(Cl)c1C. The molecule has 1 saturated carbocycles. The van der Waals surface area contributed by atoms with Crippen molar-refractivity contribution in [1.82, 2.24) is 5.16 Å². The maximum atomic E-state index is 12.7. The van der Waals surface area contributed by atoms with Gasteiger partial charge in [-0.2, -0.15) is 0 Å². The molecule has 1 aliphatic rings. The van der Waals surface area contributed by atoms with E-state index in [4.69, 9.17) is 16.1 Å².